The van der Waals surface area contributed by atoms with Crippen LogP contribution in [0.2, 0.25) is 0 Å². The summed E-state index contributed by atoms with van der Waals surface area (Å²) >= 11 is 1.63. The lowest BCUT2D eigenvalue weighted by molar-refractivity contribution is 0.102. The van der Waals surface area contributed by atoms with Gasteiger partial charge in [0.25, 0.3) is 0 Å². The minimum atomic E-state index is -0.458. The molecule has 1 heterocycles. The van der Waals surface area contributed by atoms with E-state index in [1.54, 1.807) is 18.9 Å². The van der Waals surface area contributed by atoms with Crippen LogP contribution in [-0.4, -0.2) is 84.6 Å². The second-order valence-corrected chi connectivity index (χ2v) is 8.98. The van der Waals surface area contributed by atoms with Crippen LogP contribution in [0.4, 0.5) is 0 Å². The van der Waals surface area contributed by atoms with E-state index in [0.717, 1.165) is 26.2 Å². The molecule has 0 aliphatic carbocycles. The number of thioether (sulfide) groups is 1. The van der Waals surface area contributed by atoms with Crippen LogP contribution in [0.5, 0.6) is 0 Å². The highest BCUT2D eigenvalue weighted by Crippen LogP contribution is 2.37. The Kier molecular flexibility index (Phi) is 10.8. The molecule has 0 bridgehead atoms. The van der Waals surface area contributed by atoms with Gasteiger partial charge in [0.2, 0.25) is 0 Å². The number of hydrogen-bond donors (Lipinski definition) is 0. The summed E-state index contributed by atoms with van der Waals surface area (Å²) in [6.07, 6.45) is 4.37. The van der Waals surface area contributed by atoms with E-state index in [1.165, 1.54) is 24.1 Å². The summed E-state index contributed by atoms with van der Waals surface area (Å²) in [5.41, 5.74) is 4.44. The van der Waals surface area contributed by atoms with Crippen LogP contribution in [0, 0.1) is 0 Å². The minimum absolute atomic E-state index is 0.305. The Morgan fingerprint density at radius 2 is 1.96 bits per heavy atom. The summed E-state index contributed by atoms with van der Waals surface area (Å²) in [7, 11) is 6.16. The monoisotopic (exact) mass is 410 g/mol. The zero-order valence-corrected chi connectivity index (χ0v) is 20.2. The van der Waals surface area contributed by atoms with Gasteiger partial charge in [-0.25, -0.2) is 0 Å². The van der Waals surface area contributed by atoms with Gasteiger partial charge in [0, 0.05) is 51.1 Å². The zero-order chi connectivity index (χ0) is 21.3. The van der Waals surface area contributed by atoms with Crippen molar-refractivity contribution in [3.8, 4) is 0 Å². The number of methoxy groups -OCH3 is 1. The molecule has 6 heteroatoms. The fraction of sp³-hybridized carbons (Fsp3) is 0.773. The molecule has 0 aromatic carbocycles. The second kappa shape index (κ2) is 12.0. The average molecular weight is 411 g/mol. The molecule has 0 aromatic heterocycles. The van der Waals surface area contributed by atoms with Gasteiger partial charge in [0.15, 0.2) is 0 Å². The molecule has 0 N–H and O–H groups in total. The fourth-order valence-electron chi connectivity index (χ4n) is 3.86. The van der Waals surface area contributed by atoms with Crippen LogP contribution in [0.1, 0.15) is 47.5 Å². The van der Waals surface area contributed by atoms with E-state index in [1.807, 2.05) is 18.7 Å². The molecular weight excluding hydrogens is 368 g/mol. The standard InChI is InChI=1S/C22H42N4OS/c1-10-23-17-28-22(6,27-9)18(4)21(25(11-2)12-3)19(5)26-15-13-20(14-16-26)24(7)8/h11,17,19-20H,2,10,12-16H2,1,3-9H3/b21-18-,23-17?. The summed E-state index contributed by atoms with van der Waals surface area (Å²) in [4.78, 5) is 11.2. The molecule has 1 saturated heterocycles. The van der Waals surface area contributed by atoms with Crippen molar-refractivity contribution in [2.24, 2.45) is 4.99 Å². The molecule has 0 radical (unpaired) electrons. The molecule has 0 spiro atoms. The van der Waals surface area contributed by atoms with Crippen LogP contribution >= 0.6 is 11.8 Å². The maximum Gasteiger partial charge on any atom is 0.139 e. The Morgan fingerprint density at radius 3 is 2.39 bits per heavy atom. The third kappa shape index (κ3) is 6.34. The second-order valence-electron chi connectivity index (χ2n) is 7.76. The molecule has 5 nitrogen and oxygen atoms in total. The molecule has 0 aromatic rings. The van der Waals surface area contributed by atoms with Gasteiger partial charge in [-0.1, -0.05) is 18.3 Å². The summed E-state index contributed by atoms with van der Waals surface area (Å²) < 4.78 is 5.98. The third-order valence-corrected chi connectivity index (χ3v) is 7.21. The third-order valence-electron chi connectivity index (χ3n) is 6.03. The van der Waals surface area contributed by atoms with Crippen LogP contribution in [0.15, 0.2) is 29.0 Å². The molecule has 1 aliphatic rings. The van der Waals surface area contributed by atoms with E-state index in [4.69, 9.17) is 4.74 Å². The summed E-state index contributed by atoms with van der Waals surface area (Å²) in [6.45, 7) is 18.9. The first-order valence-electron chi connectivity index (χ1n) is 10.5. The van der Waals surface area contributed by atoms with Crippen molar-refractivity contribution < 1.29 is 4.74 Å². The Balaban J connectivity index is 3.21. The van der Waals surface area contributed by atoms with Gasteiger partial charge in [-0.3, -0.25) is 9.89 Å². The van der Waals surface area contributed by atoms with Crippen molar-refractivity contribution in [1.82, 2.24) is 14.7 Å². The Labute approximate surface area is 177 Å². The van der Waals surface area contributed by atoms with Crippen molar-refractivity contribution in [3.05, 3.63) is 24.0 Å². The van der Waals surface area contributed by atoms with E-state index < -0.39 is 4.93 Å². The van der Waals surface area contributed by atoms with Crippen LogP contribution < -0.4 is 0 Å². The lowest BCUT2D eigenvalue weighted by Crippen LogP contribution is -2.48. The van der Waals surface area contributed by atoms with Gasteiger partial charge < -0.3 is 14.5 Å². The number of likely N-dealkylation sites (tertiary alicyclic amines) is 1. The van der Waals surface area contributed by atoms with E-state index in [9.17, 15) is 0 Å². The lowest BCUT2D eigenvalue weighted by atomic mass is 9.98. The number of likely N-dealkylation sites (N-methyl/N-ethyl adjacent to an activating group) is 1. The summed E-state index contributed by atoms with van der Waals surface area (Å²) in [5.74, 6) is 0. The first kappa shape index (κ1) is 25.2. The fourth-order valence-corrected chi connectivity index (χ4v) is 4.67. The smallest absolute Gasteiger partial charge is 0.139 e. The predicted molar refractivity (Wildman–Crippen MR) is 125 cm³/mol. The molecule has 1 aliphatic heterocycles. The molecule has 1 fully saturated rings. The average Bonchev–Trinajstić information content (AvgIpc) is 2.71. The quantitative estimate of drug-likeness (QED) is 0.288. The van der Waals surface area contributed by atoms with Crippen molar-refractivity contribution in [2.75, 3.05) is 47.4 Å². The number of piperidine rings is 1. The van der Waals surface area contributed by atoms with E-state index in [2.05, 4.69) is 68.1 Å². The topological polar surface area (TPSA) is 31.3 Å². The molecule has 28 heavy (non-hydrogen) atoms. The SMILES string of the molecule is C=CN(CC)/C(=C(/C)C(C)(OC)SC=NCC)C(C)N1CCC(N(C)C)CC1. The maximum absolute atomic E-state index is 5.98. The summed E-state index contributed by atoms with van der Waals surface area (Å²) in [5, 5.41) is 0. The molecule has 0 saturated carbocycles. The van der Waals surface area contributed by atoms with Crippen molar-refractivity contribution in [2.45, 2.75) is 64.5 Å². The van der Waals surface area contributed by atoms with E-state index in [0.29, 0.717) is 12.1 Å². The first-order chi connectivity index (χ1) is 13.2. The first-order valence-corrected chi connectivity index (χ1v) is 11.4. The highest BCUT2D eigenvalue weighted by Gasteiger charge is 2.34. The van der Waals surface area contributed by atoms with Crippen molar-refractivity contribution in [1.29, 1.82) is 0 Å². The van der Waals surface area contributed by atoms with Gasteiger partial charge in [-0.2, -0.15) is 0 Å². The maximum atomic E-state index is 5.98. The molecule has 2 atom stereocenters. The van der Waals surface area contributed by atoms with Crippen LogP contribution in [0.3, 0.4) is 0 Å². The molecule has 0 amide bonds. The molecule has 1 rings (SSSR count). The largest absolute Gasteiger partial charge is 0.363 e. The highest BCUT2D eigenvalue weighted by molar-refractivity contribution is 8.13. The van der Waals surface area contributed by atoms with Crippen molar-refractivity contribution >= 4 is 17.3 Å². The van der Waals surface area contributed by atoms with Gasteiger partial charge >= 0.3 is 0 Å². The predicted octanol–water partition coefficient (Wildman–Crippen LogP) is 4.28. The van der Waals surface area contributed by atoms with Crippen LogP contribution in [0.25, 0.3) is 0 Å². The van der Waals surface area contributed by atoms with Gasteiger partial charge in [-0.05, 0) is 73.3 Å². The molecule has 2 unspecified atom stereocenters. The number of ether oxygens (including phenoxy) is 1. The zero-order valence-electron chi connectivity index (χ0n) is 19.4. The van der Waals surface area contributed by atoms with Gasteiger partial charge in [0.1, 0.15) is 4.93 Å². The highest BCUT2D eigenvalue weighted by atomic mass is 32.2. The Hall–Kier alpha value is -0.820. The summed E-state index contributed by atoms with van der Waals surface area (Å²) in [6, 6.07) is 0.989. The number of hydrogen-bond acceptors (Lipinski definition) is 6. The number of nitrogens with zero attached hydrogens (tertiary/aromatic N) is 4. The molecule has 162 valence electrons. The normalized spacial score (nSPS) is 20.9. The lowest BCUT2D eigenvalue weighted by Gasteiger charge is -2.43. The Morgan fingerprint density at radius 1 is 1.36 bits per heavy atom. The van der Waals surface area contributed by atoms with E-state index in [-0.39, 0.29) is 0 Å². The minimum Gasteiger partial charge on any atom is -0.363 e. The Bertz CT molecular complexity index is 541. The molecular formula is C22H42N4OS. The van der Waals surface area contributed by atoms with E-state index >= 15 is 0 Å². The van der Waals surface area contributed by atoms with Gasteiger partial charge in [0.05, 0.1) is 5.55 Å². The number of rotatable bonds is 11. The van der Waals surface area contributed by atoms with Crippen molar-refractivity contribution in [3.63, 3.8) is 0 Å². The number of aliphatic imine (C=N–C) groups is 1. The van der Waals surface area contributed by atoms with Crippen LogP contribution in [-0.2, 0) is 4.74 Å². The van der Waals surface area contributed by atoms with Gasteiger partial charge in [-0.15, -0.1) is 0 Å².